The number of hydrogen-bond donors (Lipinski definition) is 1. The number of piperidine rings is 1. The standard InChI is InChI=1S/C19H27ClN2O3/c1-2-25-13-3-11-21-19(24)16-6-9-18(23)22(14-16)12-10-15-4-7-17(20)8-5-15/h4-5,7-8,16H,2-3,6,9-14H2,1H3,(H,21,24). The molecule has 6 heteroatoms. The highest BCUT2D eigenvalue weighted by molar-refractivity contribution is 6.30. The van der Waals surface area contributed by atoms with E-state index in [4.69, 9.17) is 16.3 Å². The molecular formula is C19H27ClN2O3. The lowest BCUT2D eigenvalue weighted by atomic mass is 9.96. The van der Waals surface area contributed by atoms with Crippen LogP contribution in [0.5, 0.6) is 0 Å². The summed E-state index contributed by atoms with van der Waals surface area (Å²) in [5, 5.41) is 3.66. The first-order valence-corrected chi connectivity index (χ1v) is 9.35. The molecule has 1 N–H and O–H groups in total. The number of nitrogens with one attached hydrogen (secondary N) is 1. The second kappa shape index (κ2) is 10.4. The molecule has 1 unspecified atom stereocenters. The van der Waals surface area contributed by atoms with Gasteiger partial charge in [0.1, 0.15) is 0 Å². The summed E-state index contributed by atoms with van der Waals surface area (Å²) >= 11 is 5.89. The van der Waals surface area contributed by atoms with E-state index in [-0.39, 0.29) is 17.7 Å². The quantitative estimate of drug-likeness (QED) is 0.683. The van der Waals surface area contributed by atoms with Crippen LogP contribution in [0.4, 0.5) is 0 Å². The molecule has 1 aromatic rings. The molecule has 2 rings (SSSR count). The van der Waals surface area contributed by atoms with Gasteiger partial charge in [-0.25, -0.2) is 0 Å². The normalized spacial score (nSPS) is 17.6. The maximum Gasteiger partial charge on any atom is 0.224 e. The van der Waals surface area contributed by atoms with Crippen LogP contribution in [0.3, 0.4) is 0 Å². The largest absolute Gasteiger partial charge is 0.382 e. The molecule has 138 valence electrons. The smallest absolute Gasteiger partial charge is 0.224 e. The van der Waals surface area contributed by atoms with Gasteiger partial charge in [-0.1, -0.05) is 23.7 Å². The molecule has 25 heavy (non-hydrogen) atoms. The van der Waals surface area contributed by atoms with Crippen molar-refractivity contribution in [2.24, 2.45) is 5.92 Å². The van der Waals surface area contributed by atoms with Crippen LogP contribution in [0, 0.1) is 5.92 Å². The Morgan fingerprint density at radius 2 is 2.12 bits per heavy atom. The van der Waals surface area contributed by atoms with Gasteiger partial charge in [0, 0.05) is 44.3 Å². The van der Waals surface area contributed by atoms with Crippen molar-refractivity contribution in [2.45, 2.75) is 32.6 Å². The monoisotopic (exact) mass is 366 g/mol. The summed E-state index contributed by atoms with van der Waals surface area (Å²) in [5.41, 5.74) is 1.14. The van der Waals surface area contributed by atoms with Crippen molar-refractivity contribution < 1.29 is 14.3 Å². The van der Waals surface area contributed by atoms with Crippen LogP contribution in [0.15, 0.2) is 24.3 Å². The van der Waals surface area contributed by atoms with Crippen molar-refractivity contribution in [3.8, 4) is 0 Å². The van der Waals surface area contributed by atoms with Crippen molar-refractivity contribution in [3.63, 3.8) is 0 Å². The maximum atomic E-state index is 12.3. The number of likely N-dealkylation sites (tertiary alicyclic amines) is 1. The predicted molar refractivity (Wildman–Crippen MR) is 98.6 cm³/mol. The molecule has 1 fully saturated rings. The minimum absolute atomic E-state index is 0.0421. The van der Waals surface area contributed by atoms with Crippen molar-refractivity contribution in [3.05, 3.63) is 34.9 Å². The molecule has 1 aliphatic rings. The number of nitrogens with zero attached hydrogens (tertiary/aromatic N) is 1. The van der Waals surface area contributed by atoms with E-state index in [1.165, 1.54) is 0 Å². The molecular weight excluding hydrogens is 340 g/mol. The molecule has 0 saturated carbocycles. The van der Waals surface area contributed by atoms with Crippen LogP contribution >= 0.6 is 11.6 Å². The minimum atomic E-state index is -0.116. The maximum absolute atomic E-state index is 12.3. The zero-order valence-corrected chi connectivity index (χ0v) is 15.6. The number of rotatable bonds is 9. The number of halogens is 1. The van der Waals surface area contributed by atoms with Gasteiger partial charge in [-0.15, -0.1) is 0 Å². The van der Waals surface area contributed by atoms with E-state index in [0.29, 0.717) is 50.7 Å². The molecule has 1 aromatic carbocycles. The average Bonchev–Trinajstić information content (AvgIpc) is 2.62. The SMILES string of the molecule is CCOCCCNC(=O)C1CCC(=O)N(CCc2ccc(Cl)cc2)C1. The van der Waals surface area contributed by atoms with Crippen LogP contribution in [0.1, 0.15) is 31.7 Å². The van der Waals surface area contributed by atoms with E-state index < -0.39 is 0 Å². The van der Waals surface area contributed by atoms with Crippen molar-refractivity contribution in [1.29, 1.82) is 0 Å². The number of ether oxygens (including phenoxy) is 1. The van der Waals surface area contributed by atoms with E-state index in [2.05, 4.69) is 5.32 Å². The van der Waals surface area contributed by atoms with Crippen LogP contribution in [-0.2, 0) is 20.7 Å². The summed E-state index contributed by atoms with van der Waals surface area (Å²) < 4.78 is 5.26. The molecule has 0 aliphatic carbocycles. The molecule has 1 atom stereocenters. The van der Waals surface area contributed by atoms with Gasteiger partial charge in [-0.05, 0) is 43.9 Å². The van der Waals surface area contributed by atoms with Crippen molar-refractivity contribution in [1.82, 2.24) is 10.2 Å². The van der Waals surface area contributed by atoms with Crippen LogP contribution in [-0.4, -0.2) is 49.6 Å². The lowest BCUT2D eigenvalue weighted by Gasteiger charge is -2.32. The third-order valence-electron chi connectivity index (χ3n) is 4.42. The Hall–Kier alpha value is -1.59. The first-order chi connectivity index (χ1) is 12.1. The molecule has 0 spiro atoms. The number of amides is 2. The van der Waals surface area contributed by atoms with Crippen LogP contribution in [0.2, 0.25) is 5.02 Å². The summed E-state index contributed by atoms with van der Waals surface area (Å²) in [6.45, 7) is 5.07. The van der Waals surface area contributed by atoms with E-state index in [1.54, 1.807) is 0 Å². The molecule has 2 amide bonds. The van der Waals surface area contributed by atoms with Gasteiger partial charge in [0.25, 0.3) is 0 Å². The summed E-state index contributed by atoms with van der Waals surface area (Å²) in [7, 11) is 0. The molecule has 1 aliphatic heterocycles. The Labute approximate surface area is 154 Å². The van der Waals surface area contributed by atoms with Crippen molar-refractivity contribution >= 4 is 23.4 Å². The fourth-order valence-electron chi connectivity index (χ4n) is 2.93. The molecule has 5 nitrogen and oxygen atoms in total. The second-order valence-electron chi connectivity index (χ2n) is 6.29. The topological polar surface area (TPSA) is 58.6 Å². The lowest BCUT2D eigenvalue weighted by molar-refractivity contribution is -0.138. The Morgan fingerprint density at radius 1 is 1.36 bits per heavy atom. The lowest BCUT2D eigenvalue weighted by Crippen LogP contribution is -2.46. The molecule has 1 heterocycles. The van der Waals surface area contributed by atoms with Crippen LogP contribution in [0.25, 0.3) is 0 Å². The fourth-order valence-corrected chi connectivity index (χ4v) is 3.06. The first kappa shape index (κ1) is 19.7. The molecule has 0 bridgehead atoms. The highest BCUT2D eigenvalue weighted by Crippen LogP contribution is 2.19. The number of carbonyl (C=O) groups is 2. The zero-order chi connectivity index (χ0) is 18.1. The van der Waals surface area contributed by atoms with Gasteiger partial charge in [-0.3, -0.25) is 9.59 Å². The molecule has 0 radical (unpaired) electrons. The molecule has 1 saturated heterocycles. The van der Waals surface area contributed by atoms with Gasteiger partial charge in [-0.2, -0.15) is 0 Å². The first-order valence-electron chi connectivity index (χ1n) is 8.97. The highest BCUT2D eigenvalue weighted by atomic mass is 35.5. The average molecular weight is 367 g/mol. The van der Waals surface area contributed by atoms with E-state index in [0.717, 1.165) is 18.4 Å². The zero-order valence-electron chi connectivity index (χ0n) is 14.8. The van der Waals surface area contributed by atoms with Gasteiger partial charge in [0.2, 0.25) is 11.8 Å². The molecule has 0 aromatic heterocycles. The van der Waals surface area contributed by atoms with E-state index >= 15 is 0 Å². The van der Waals surface area contributed by atoms with E-state index in [1.807, 2.05) is 36.1 Å². The number of benzene rings is 1. The van der Waals surface area contributed by atoms with Gasteiger partial charge in [0.05, 0.1) is 5.92 Å². The van der Waals surface area contributed by atoms with Gasteiger partial charge >= 0.3 is 0 Å². The summed E-state index contributed by atoms with van der Waals surface area (Å²) in [6, 6.07) is 7.65. The third-order valence-corrected chi connectivity index (χ3v) is 4.68. The predicted octanol–water partition coefficient (Wildman–Crippen LogP) is 2.66. The fraction of sp³-hybridized carbons (Fsp3) is 0.579. The Balaban J connectivity index is 1.76. The Bertz CT molecular complexity index is 562. The summed E-state index contributed by atoms with van der Waals surface area (Å²) in [4.78, 5) is 26.2. The minimum Gasteiger partial charge on any atom is -0.382 e. The highest BCUT2D eigenvalue weighted by Gasteiger charge is 2.29. The second-order valence-corrected chi connectivity index (χ2v) is 6.73. The van der Waals surface area contributed by atoms with Crippen molar-refractivity contribution in [2.75, 3.05) is 32.8 Å². The summed E-state index contributed by atoms with van der Waals surface area (Å²) in [5.74, 6) is 0.0601. The number of carbonyl (C=O) groups excluding carboxylic acids is 2. The summed E-state index contributed by atoms with van der Waals surface area (Å²) in [6.07, 6.45) is 2.66. The van der Waals surface area contributed by atoms with Gasteiger partial charge < -0.3 is 15.0 Å². The van der Waals surface area contributed by atoms with Crippen LogP contribution < -0.4 is 5.32 Å². The van der Waals surface area contributed by atoms with Gasteiger partial charge in [0.15, 0.2) is 0 Å². The number of hydrogen-bond acceptors (Lipinski definition) is 3. The third kappa shape index (κ3) is 6.67. The Kier molecular flexibility index (Phi) is 8.22. The van der Waals surface area contributed by atoms with E-state index in [9.17, 15) is 9.59 Å². The Morgan fingerprint density at radius 3 is 2.84 bits per heavy atom.